The van der Waals surface area contributed by atoms with Crippen molar-refractivity contribution in [2.45, 2.75) is 12.5 Å². The second-order valence-corrected chi connectivity index (χ2v) is 5.01. The molecule has 0 fully saturated rings. The summed E-state index contributed by atoms with van der Waals surface area (Å²) in [7, 11) is 0. The normalized spacial score (nSPS) is 16.4. The zero-order valence-corrected chi connectivity index (χ0v) is 11.2. The van der Waals surface area contributed by atoms with Crippen molar-refractivity contribution in [2.24, 2.45) is 0 Å². The molecule has 4 nitrogen and oxygen atoms in total. The molecule has 0 saturated heterocycles. The predicted octanol–water partition coefficient (Wildman–Crippen LogP) is 2.99. The van der Waals surface area contributed by atoms with Crippen LogP contribution in [0.2, 0.25) is 5.02 Å². The molecule has 0 spiro atoms. The van der Waals surface area contributed by atoms with Gasteiger partial charge in [0.2, 0.25) is 0 Å². The first-order chi connectivity index (χ1) is 9.63. The van der Waals surface area contributed by atoms with E-state index in [2.05, 4.69) is 5.32 Å². The van der Waals surface area contributed by atoms with Crippen molar-refractivity contribution < 1.29 is 14.6 Å². The SMILES string of the molecule is O=C(Nc1ccccc1O)[C@@H]1Cc2cc(Cl)ccc2O1. The van der Waals surface area contributed by atoms with Gasteiger partial charge in [0.1, 0.15) is 11.5 Å². The van der Waals surface area contributed by atoms with Crippen molar-refractivity contribution in [2.75, 3.05) is 5.32 Å². The molecule has 0 aliphatic carbocycles. The number of amides is 1. The van der Waals surface area contributed by atoms with Gasteiger partial charge >= 0.3 is 0 Å². The molecule has 1 amide bonds. The number of hydrogen-bond acceptors (Lipinski definition) is 3. The number of fused-ring (bicyclic) bond motifs is 1. The predicted molar refractivity (Wildman–Crippen MR) is 76.3 cm³/mol. The highest BCUT2D eigenvalue weighted by atomic mass is 35.5. The van der Waals surface area contributed by atoms with Gasteiger partial charge in [-0.25, -0.2) is 0 Å². The zero-order valence-electron chi connectivity index (χ0n) is 10.5. The summed E-state index contributed by atoms with van der Waals surface area (Å²) in [5.74, 6) is 0.407. The van der Waals surface area contributed by atoms with Crippen LogP contribution in [0.25, 0.3) is 0 Å². The smallest absolute Gasteiger partial charge is 0.265 e. The van der Waals surface area contributed by atoms with Crippen LogP contribution in [0.1, 0.15) is 5.56 Å². The highest BCUT2D eigenvalue weighted by Crippen LogP contribution is 2.32. The number of benzene rings is 2. The summed E-state index contributed by atoms with van der Waals surface area (Å²) < 4.78 is 5.58. The average Bonchev–Trinajstić information content (AvgIpc) is 2.84. The van der Waals surface area contributed by atoms with Gasteiger partial charge in [-0.15, -0.1) is 0 Å². The summed E-state index contributed by atoms with van der Waals surface area (Å²) in [6.45, 7) is 0. The number of carbonyl (C=O) groups excluding carboxylic acids is 1. The molecule has 1 atom stereocenters. The Hall–Kier alpha value is -2.20. The van der Waals surface area contributed by atoms with Crippen molar-refractivity contribution in [1.29, 1.82) is 0 Å². The van der Waals surface area contributed by atoms with Crippen LogP contribution >= 0.6 is 11.6 Å². The first-order valence-electron chi connectivity index (χ1n) is 6.17. The molecular formula is C15H12ClNO3. The summed E-state index contributed by atoms with van der Waals surface area (Å²) >= 11 is 5.91. The van der Waals surface area contributed by atoms with Crippen LogP contribution in [0, 0.1) is 0 Å². The maximum Gasteiger partial charge on any atom is 0.265 e. The second-order valence-electron chi connectivity index (χ2n) is 4.57. The molecule has 0 radical (unpaired) electrons. The van der Waals surface area contributed by atoms with E-state index in [1.165, 1.54) is 6.07 Å². The summed E-state index contributed by atoms with van der Waals surface area (Å²) in [5.41, 5.74) is 1.28. The van der Waals surface area contributed by atoms with Crippen LogP contribution in [-0.4, -0.2) is 17.1 Å². The number of anilines is 1. The quantitative estimate of drug-likeness (QED) is 0.836. The lowest BCUT2D eigenvalue weighted by atomic mass is 10.1. The molecule has 1 aliphatic rings. The molecule has 1 aliphatic heterocycles. The lowest BCUT2D eigenvalue weighted by Crippen LogP contribution is -2.31. The number of aromatic hydroxyl groups is 1. The number of nitrogens with one attached hydrogen (secondary N) is 1. The van der Waals surface area contributed by atoms with E-state index in [9.17, 15) is 9.90 Å². The fourth-order valence-electron chi connectivity index (χ4n) is 2.16. The van der Waals surface area contributed by atoms with E-state index in [-0.39, 0.29) is 11.7 Å². The van der Waals surface area contributed by atoms with Crippen LogP contribution < -0.4 is 10.1 Å². The van der Waals surface area contributed by atoms with E-state index in [1.54, 1.807) is 36.4 Å². The minimum Gasteiger partial charge on any atom is -0.506 e. The standard InChI is InChI=1S/C15H12ClNO3/c16-10-5-6-13-9(7-10)8-14(20-13)15(19)17-11-3-1-2-4-12(11)18/h1-7,14,18H,8H2,(H,17,19)/t14-/m0/s1. The Labute approximate surface area is 120 Å². The van der Waals surface area contributed by atoms with Crippen LogP contribution in [0.3, 0.4) is 0 Å². The van der Waals surface area contributed by atoms with Gasteiger partial charge in [-0.05, 0) is 35.9 Å². The molecule has 0 bridgehead atoms. The third kappa shape index (κ3) is 2.42. The summed E-state index contributed by atoms with van der Waals surface area (Å²) in [6.07, 6.45) is -0.141. The van der Waals surface area contributed by atoms with Crippen LogP contribution in [-0.2, 0) is 11.2 Å². The number of phenols is 1. The van der Waals surface area contributed by atoms with Gasteiger partial charge in [-0.3, -0.25) is 4.79 Å². The molecular weight excluding hydrogens is 278 g/mol. The van der Waals surface area contributed by atoms with Crippen LogP contribution in [0.4, 0.5) is 5.69 Å². The molecule has 0 aromatic heterocycles. The number of halogens is 1. The Bertz CT molecular complexity index is 672. The van der Waals surface area contributed by atoms with Gasteiger partial charge in [0.25, 0.3) is 5.91 Å². The van der Waals surface area contributed by atoms with Crippen molar-refractivity contribution in [3.05, 3.63) is 53.1 Å². The second kappa shape index (κ2) is 5.06. The van der Waals surface area contributed by atoms with E-state index in [0.717, 1.165) is 5.56 Å². The first-order valence-corrected chi connectivity index (χ1v) is 6.55. The number of ether oxygens (including phenoxy) is 1. The van der Waals surface area contributed by atoms with Crippen molar-refractivity contribution in [3.63, 3.8) is 0 Å². The first kappa shape index (κ1) is 12.8. The fourth-order valence-corrected chi connectivity index (χ4v) is 2.35. The Morgan fingerprint density at radius 2 is 2.10 bits per heavy atom. The van der Waals surface area contributed by atoms with Gasteiger partial charge in [0.05, 0.1) is 5.69 Å². The van der Waals surface area contributed by atoms with E-state index >= 15 is 0 Å². The van der Waals surface area contributed by atoms with Gasteiger partial charge in [-0.2, -0.15) is 0 Å². The number of phenolic OH excluding ortho intramolecular Hbond substituents is 1. The maximum atomic E-state index is 12.1. The van der Waals surface area contributed by atoms with Crippen molar-refractivity contribution in [3.8, 4) is 11.5 Å². The van der Waals surface area contributed by atoms with Gasteiger partial charge in [0, 0.05) is 11.4 Å². The topological polar surface area (TPSA) is 58.6 Å². The summed E-state index contributed by atoms with van der Waals surface area (Å²) in [4.78, 5) is 12.1. The van der Waals surface area contributed by atoms with Gasteiger partial charge in [-0.1, -0.05) is 23.7 Å². The molecule has 102 valence electrons. The molecule has 2 aromatic carbocycles. The number of rotatable bonds is 2. The average molecular weight is 290 g/mol. The highest BCUT2D eigenvalue weighted by molar-refractivity contribution is 6.30. The monoisotopic (exact) mass is 289 g/mol. The van der Waals surface area contributed by atoms with Crippen molar-refractivity contribution >= 4 is 23.2 Å². The maximum absolute atomic E-state index is 12.1. The Balaban J connectivity index is 1.73. The molecule has 0 unspecified atom stereocenters. The molecule has 1 heterocycles. The third-order valence-corrected chi connectivity index (χ3v) is 3.39. The summed E-state index contributed by atoms with van der Waals surface area (Å²) in [5, 5.41) is 12.9. The summed E-state index contributed by atoms with van der Waals surface area (Å²) in [6, 6.07) is 11.8. The lowest BCUT2D eigenvalue weighted by Gasteiger charge is -2.12. The molecule has 0 saturated carbocycles. The highest BCUT2D eigenvalue weighted by Gasteiger charge is 2.29. The molecule has 2 aromatic rings. The minimum absolute atomic E-state index is 0.0272. The Morgan fingerprint density at radius 1 is 1.30 bits per heavy atom. The molecule has 5 heteroatoms. The zero-order chi connectivity index (χ0) is 14.1. The van der Waals surface area contributed by atoms with E-state index < -0.39 is 6.10 Å². The number of para-hydroxylation sites is 2. The van der Waals surface area contributed by atoms with Crippen LogP contribution in [0.5, 0.6) is 11.5 Å². The third-order valence-electron chi connectivity index (χ3n) is 3.15. The number of hydrogen-bond donors (Lipinski definition) is 2. The van der Waals surface area contributed by atoms with E-state index in [1.807, 2.05) is 0 Å². The molecule has 3 rings (SSSR count). The number of carbonyl (C=O) groups is 1. The van der Waals surface area contributed by atoms with Gasteiger partial charge < -0.3 is 15.2 Å². The van der Waals surface area contributed by atoms with E-state index in [4.69, 9.17) is 16.3 Å². The fraction of sp³-hybridized carbons (Fsp3) is 0.133. The van der Waals surface area contributed by atoms with Crippen molar-refractivity contribution in [1.82, 2.24) is 0 Å². The van der Waals surface area contributed by atoms with E-state index in [0.29, 0.717) is 22.9 Å². The van der Waals surface area contributed by atoms with Crippen LogP contribution in [0.15, 0.2) is 42.5 Å². The molecule has 20 heavy (non-hydrogen) atoms. The minimum atomic E-state index is -0.608. The van der Waals surface area contributed by atoms with Gasteiger partial charge in [0.15, 0.2) is 6.10 Å². The largest absolute Gasteiger partial charge is 0.506 e. The lowest BCUT2D eigenvalue weighted by molar-refractivity contribution is -0.122. The molecule has 2 N–H and O–H groups in total. The Morgan fingerprint density at radius 3 is 2.90 bits per heavy atom. The Kier molecular flexibility index (Phi) is 3.24.